The molecule has 4 aromatic carbocycles. The summed E-state index contributed by atoms with van der Waals surface area (Å²) in [6.45, 7) is 14.2. The van der Waals surface area contributed by atoms with E-state index >= 15 is 0 Å². The molecule has 0 aliphatic heterocycles. The first kappa shape index (κ1) is 49.4. The van der Waals surface area contributed by atoms with Gasteiger partial charge in [-0.1, -0.05) is 37.1 Å². The number of hydroxylamine groups is 2. The van der Waals surface area contributed by atoms with Gasteiger partial charge in [-0.25, -0.2) is 5.06 Å². The molecular formula is C48H63Br2N2O10. The predicted octanol–water partition coefficient (Wildman–Crippen LogP) is 9.93. The van der Waals surface area contributed by atoms with Crippen LogP contribution in [0.25, 0.3) is 0 Å². The lowest BCUT2D eigenvalue weighted by Crippen LogP contribution is -2.38. The van der Waals surface area contributed by atoms with E-state index in [9.17, 15) is 10.4 Å². The van der Waals surface area contributed by atoms with Crippen molar-refractivity contribution in [1.29, 1.82) is 0 Å². The first-order chi connectivity index (χ1) is 29.5. The molecule has 12 nitrogen and oxygen atoms in total. The highest BCUT2D eigenvalue weighted by Gasteiger charge is 2.29. The van der Waals surface area contributed by atoms with Gasteiger partial charge in [0.1, 0.15) is 49.4 Å². The number of hydrogen-bond donors (Lipinski definition) is 1. The molecule has 0 saturated heterocycles. The predicted molar refractivity (Wildman–Crippen MR) is 249 cm³/mol. The molecule has 1 aliphatic carbocycles. The number of methoxy groups -OCH3 is 4. The molecule has 0 amide bonds. The molecule has 14 heteroatoms. The molecule has 1 N–H and O–H groups in total. The van der Waals surface area contributed by atoms with E-state index < -0.39 is 11.1 Å². The highest BCUT2D eigenvalue weighted by Crippen LogP contribution is 2.44. The Bertz CT molecular complexity index is 1870. The van der Waals surface area contributed by atoms with Crippen molar-refractivity contribution in [3.8, 4) is 23.0 Å². The zero-order chi connectivity index (χ0) is 45.2. The van der Waals surface area contributed by atoms with Crippen molar-refractivity contribution in [2.24, 2.45) is 0 Å². The summed E-state index contributed by atoms with van der Waals surface area (Å²) in [6.07, 6.45) is 1.46. The summed E-state index contributed by atoms with van der Waals surface area (Å²) in [7, 11) is 6.58. The molecule has 0 atom stereocenters. The van der Waals surface area contributed by atoms with E-state index in [2.05, 4.69) is 44.0 Å². The Morgan fingerprint density at radius 1 is 0.452 bits per heavy atom. The number of halogens is 2. The molecule has 8 bridgehead atoms. The average Bonchev–Trinajstić information content (AvgIpc) is 3.19. The van der Waals surface area contributed by atoms with Gasteiger partial charge in [-0.15, -0.1) is 0 Å². The van der Waals surface area contributed by atoms with E-state index in [-0.39, 0.29) is 6.61 Å². The maximum Gasteiger partial charge on any atom is 0.126 e. The van der Waals surface area contributed by atoms with Crippen molar-refractivity contribution in [3.63, 3.8) is 0 Å². The number of ether oxygens (including phenoxy) is 8. The summed E-state index contributed by atoms with van der Waals surface area (Å²) in [5.41, 5.74) is 6.53. The number of hydrogen-bond acceptors (Lipinski definition) is 11. The molecule has 0 unspecified atom stereocenters. The monoisotopic (exact) mass is 985 g/mol. The fraction of sp³-hybridized carbons (Fsp3) is 0.500. The summed E-state index contributed by atoms with van der Waals surface area (Å²) in [5.74, 6) is 2.69. The Morgan fingerprint density at radius 2 is 0.710 bits per heavy atom. The van der Waals surface area contributed by atoms with Crippen molar-refractivity contribution in [3.05, 3.63) is 102 Å². The van der Waals surface area contributed by atoms with Crippen LogP contribution in [0.4, 0.5) is 11.4 Å². The second-order valence-electron chi connectivity index (χ2n) is 17.3. The highest BCUT2D eigenvalue weighted by molar-refractivity contribution is 9.10. The summed E-state index contributed by atoms with van der Waals surface area (Å²) in [5, 5.41) is 28.3. The molecule has 0 spiro atoms. The van der Waals surface area contributed by atoms with Crippen molar-refractivity contribution < 1.29 is 48.3 Å². The van der Waals surface area contributed by atoms with E-state index in [1.807, 2.05) is 77.9 Å². The molecule has 4 aromatic rings. The number of fused-ring (bicyclic) bond motifs is 8. The van der Waals surface area contributed by atoms with Crippen molar-refractivity contribution in [2.75, 3.05) is 91.4 Å². The number of nitrogens with zero attached hydrogens (tertiary/aromatic N) is 2. The topological polar surface area (TPSA) is 120 Å². The minimum Gasteiger partial charge on any atom is -0.491 e. The maximum absolute atomic E-state index is 14.2. The molecule has 0 saturated carbocycles. The van der Waals surface area contributed by atoms with Crippen LogP contribution in [0, 0.1) is 0 Å². The molecular weight excluding hydrogens is 924 g/mol. The van der Waals surface area contributed by atoms with Gasteiger partial charge in [0, 0.05) is 108 Å². The average molecular weight is 988 g/mol. The second kappa shape index (κ2) is 22.3. The third-order valence-electron chi connectivity index (χ3n) is 10.3. The zero-order valence-corrected chi connectivity index (χ0v) is 41.0. The van der Waals surface area contributed by atoms with Gasteiger partial charge in [-0.2, -0.15) is 0 Å². The Morgan fingerprint density at radius 3 is 0.952 bits per heavy atom. The van der Waals surface area contributed by atoms with Crippen LogP contribution in [0.3, 0.4) is 0 Å². The van der Waals surface area contributed by atoms with Gasteiger partial charge in [-0.05, 0) is 90.1 Å². The third kappa shape index (κ3) is 12.8. The lowest BCUT2D eigenvalue weighted by molar-refractivity contribution is 0.102. The molecule has 1 aliphatic rings. The van der Waals surface area contributed by atoms with Crippen LogP contribution in [0.15, 0.2) is 57.5 Å². The third-order valence-corrected chi connectivity index (χ3v) is 11.2. The summed E-state index contributed by atoms with van der Waals surface area (Å²) >= 11 is 7.68. The van der Waals surface area contributed by atoms with Gasteiger partial charge in [0.25, 0.3) is 0 Å². The Labute approximate surface area is 384 Å². The molecule has 0 aromatic heterocycles. The fourth-order valence-electron chi connectivity index (χ4n) is 7.43. The first-order valence-electron chi connectivity index (χ1n) is 20.9. The normalized spacial score (nSPS) is 12.9. The van der Waals surface area contributed by atoms with Crippen LogP contribution in [0.1, 0.15) is 86.1 Å². The highest BCUT2D eigenvalue weighted by atomic mass is 79.9. The minimum absolute atomic E-state index is 0.289. The number of benzene rings is 4. The number of rotatable bonds is 18. The fourth-order valence-corrected chi connectivity index (χ4v) is 8.54. The van der Waals surface area contributed by atoms with Gasteiger partial charge in [0.05, 0.1) is 48.9 Å². The van der Waals surface area contributed by atoms with Crippen molar-refractivity contribution >= 4 is 43.2 Å². The van der Waals surface area contributed by atoms with E-state index in [1.165, 1.54) is 5.06 Å². The van der Waals surface area contributed by atoms with E-state index in [0.717, 1.165) is 58.5 Å². The zero-order valence-electron chi connectivity index (χ0n) is 37.9. The maximum atomic E-state index is 14.2. The molecule has 1 radical (unpaired) electrons. The van der Waals surface area contributed by atoms with Gasteiger partial charge in [-0.3, -0.25) is 10.3 Å². The molecule has 0 heterocycles. The first-order valence-corrected chi connectivity index (χ1v) is 22.4. The van der Waals surface area contributed by atoms with Crippen molar-refractivity contribution in [1.82, 2.24) is 0 Å². The summed E-state index contributed by atoms with van der Waals surface area (Å²) < 4.78 is 50.2. The van der Waals surface area contributed by atoms with Gasteiger partial charge in [0.2, 0.25) is 0 Å². The lowest BCUT2D eigenvalue weighted by atomic mass is 9.90. The SMILES string of the molecule is COCCOc1c2cc(Br)cc1Cc1cc(N(O)C(C)(C)C)cc(c1OCCOC)Cc1cc(Br)cc(c1OCCOC)Cc1cc(N([O])C(C)(C)C)cc(c1OCCOC)C2. The Kier molecular flexibility index (Phi) is 17.8. The molecule has 0 fully saturated rings. The number of anilines is 2. The lowest BCUT2D eigenvalue weighted by Gasteiger charge is -2.33. The van der Waals surface area contributed by atoms with Crippen LogP contribution in [-0.2, 0) is 49.8 Å². The van der Waals surface area contributed by atoms with Crippen LogP contribution in [-0.4, -0.2) is 97.6 Å². The van der Waals surface area contributed by atoms with Gasteiger partial charge in [0.15, 0.2) is 0 Å². The molecule has 339 valence electrons. The van der Waals surface area contributed by atoms with Crippen LogP contribution >= 0.6 is 31.9 Å². The second-order valence-corrected chi connectivity index (χ2v) is 19.1. The van der Waals surface area contributed by atoms with Gasteiger partial charge >= 0.3 is 0 Å². The quantitative estimate of drug-likeness (QED) is 0.0668. The Balaban J connectivity index is 1.93. The smallest absolute Gasteiger partial charge is 0.126 e. The molecule has 62 heavy (non-hydrogen) atoms. The van der Waals surface area contributed by atoms with E-state index in [1.54, 1.807) is 28.4 Å². The van der Waals surface area contributed by atoms with Crippen LogP contribution < -0.4 is 29.1 Å². The van der Waals surface area contributed by atoms with Crippen LogP contribution in [0.5, 0.6) is 23.0 Å². The summed E-state index contributed by atoms with van der Waals surface area (Å²) in [4.78, 5) is 0. The Hall–Kier alpha value is -3.60. The van der Waals surface area contributed by atoms with Gasteiger partial charge < -0.3 is 37.9 Å². The standard InChI is InChI=1S/C48H63Br2N2O10/c1-47(2,3)51(53)41-27-35-19-31-23-39(49)25-33(43(31)59-15-11-55-7)21-37-29-42(52(54)48(4,5)6)30-38(46(37)62-18-14-58-10)22-34-26-40(50)24-32(44(34)60-16-12-56-8)20-36(28-41)45(35)61-17-13-57-9/h23-30,53H,11-22H2,1-10H3. The minimum atomic E-state index is -0.732. The van der Waals surface area contributed by atoms with E-state index in [0.29, 0.717) is 106 Å². The van der Waals surface area contributed by atoms with Crippen LogP contribution in [0.2, 0.25) is 0 Å². The summed E-state index contributed by atoms with van der Waals surface area (Å²) in [6, 6.07) is 16.0. The van der Waals surface area contributed by atoms with Crippen molar-refractivity contribution in [2.45, 2.75) is 78.3 Å². The molecule has 5 rings (SSSR count). The largest absolute Gasteiger partial charge is 0.491 e. The van der Waals surface area contributed by atoms with E-state index in [4.69, 9.17) is 37.9 Å².